The van der Waals surface area contributed by atoms with Crippen molar-refractivity contribution in [1.82, 2.24) is 9.29 Å². The summed E-state index contributed by atoms with van der Waals surface area (Å²) < 4.78 is 54.5. The van der Waals surface area contributed by atoms with E-state index in [1.165, 1.54) is 59.0 Å². The first-order chi connectivity index (χ1) is 15.7. The molecule has 9 nitrogen and oxygen atoms in total. The minimum absolute atomic E-state index is 0.00325. The van der Waals surface area contributed by atoms with Crippen molar-refractivity contribution in [2.45, 2.75) is 28.7 Å². The summed E-state index contributed by atoms with van der Waals surface area (Å²) in [5.41, 5.74) is 0.351. The molecular formula is C20H19ClN4O5S3. The van der Waals surface area contributed by atoms with Crippen LogP contribution < -0.4 is 10.0 Å². The predicted molar refractivity (Wildman–Crippen MR) is 126 cm³/mol. The van der Waals surface area contributed by atoms with Gasteiger partial charge in [-0.1, -0.05) is 11.6 Å². The average molecular weight is 527 g/mol. The highest BCUT2D eigenvalue weighted by molar-refractivity contribution is 7.93. The van der Waals surface area contributed by atoms with Crippen molar-refractivity contribution in [2.24, 2.45) is 0 Å². The van der Waals surface area contributed by atoms with E-state index in [2.05, 4.69) is 15.0 Å². The maximum atomic E-state index is 13.0. The molecule has 0 aliphatic carbocycles. The maximum absolute atomic E-state index is 13.0. The molecule has 1 amide bonds. The average Bonchev–Trinajstić information content (AvgIpc) is 3.46. The van der Waals surface area contributed by atoms with Crippen molar-refractivity contribution in [3.05, 3.63) is 65.1 Å². The molecule has 4 rings (SSSR count). The number of rotatable bonds is 7. The fourth-order valence-corrected chi connectivity index (χ4v) is 6.99. The summed E-state index contributed by atoms with van der Waals surface area (Å²) >= 11 is 7.00. The van der Waals surface area contributed by atoms with E-state index in [1.54, 1.807) is 5.38 Å². The first kappa shape index (κ1) is 23.6. The number of nitrogens with zero attached hydrogens (tertiary/aromatic N) is 2. The van der Waals surface area contributed by atoms with Gasteiger partial charge >= 0.3 is 0 Å². The Labute approximate surface area is 200 Å². The Morgan fingerprint density at radius 3 is 2.33 bits per heavy atom. The number of thiazole rings is 1. The molecular weight excluding hydrogens is 508 g/mol. The number of carbonyl (C=O) groups excluding carboxylic acids is 1. The number of anilines is 2. The fraction of sp³-hybridized carbons (Fsp3) is 0.200. The monoisotopic (exact) mass is 526 g/mol. The Morgan fingerprint density at radius 2 is 1.70 bits per heavy atom. The minimum atomic E-state index is -3.87. The molecule has 174 valence electrons. The number of hydrogen-bond acceptors (Lipinski definition) is 7. The van der Waals surface area contributed by atoms with Crippen LogP contribution in [0.5, 0.6) is 0 Å². The van der Waals surface area contributed by atoms with Gasteiger partial charge in [-0.3, -0.25) is 9.52 Å². The van der Waals surface area contributed by atoms with E-state index in [0.29, 0.717) is 23.6 Å². The maximum Gasteiger partial charge on any atom is 0.263 e. The van der Waals surface area contributed by atoms with Gasteiger partial charge in [0.05, 0.1) is 9.79 Å². The van der Waals surface area contributed by atoms with E-state index in [4.69, 9.17) is 11.6 Å². The summed E-state index contributed by atoms with van der Waals surface area (Å²) in [4.78, 5) is 16.8. The molecule has 3 aromatic rings. The van der Waals surface area contributed by atoms with Crippen LogP contribution in [0, 0.1) is 0 Å². The first-order valence-corrected chi connectivity index (χ1v) is 14.0. The van der Waals surface area contributed by atoms with Crippen LogP contribution >= 0.6 is 22.9 Å². The lowest BCUT2D eigenvalue weighted by Crippen LogP contribution is -2.43. The Bertz CT molecular complexity index is 1340. The van der Waals surface area contributed by atoms with E-state index in [0.717, 1.165) is 11.3 Å². The SMILES string of the molecule is O=C(Nc1ccc(S(=O)(=O)Nc2nccs2)cc1)[C@H]1CCCN1S(=O)(=O)c1ccc(Cl)cc1. The lowest BCUT2D eigenvalue weighted by molar-refractivity contribution is -0.119. The van der Waals surface area contributed by atoms with E-state index < -0.39 is 32.0 Å². The van der Waals surface area contributed by atoms with Gasteiger partial charge in [-0.15, -0.1) is 11.3 Å². The molecule has 1 fully saturated rings. The molecule has 1 aromatic heterocycles. The number of carbonyl (C=O) groups is 1. The highest BCUT2D eigenvalue weighted by Gasteiger charge is 2.39. The molecule has 0 saturated carbocycles. The van der Waals surface area contributed by atoms with Crippen molar-refractivity contribution >= 4 is 59.7 Å². The van der Waals surface area contributed by atoms with Gasteiger partial charge in [0.1, 0.15) is 6.04 Å². The minimum Gasteiger partial charge on any atom is -0.325 e. The molecule has 0 bridgehead atoms. The second-order valence-corrected chi connectivity index (χ2v) is 12.1. The Kier molecular flexibility index (Phi) is 6.73. The molecule has 2 heterocycles. The number of aromatic nitrogens is 1. The Morgan fingerprint density at radius 1 is 1.03 bits per heavy atom. The Balaban J connectivity index is 1.47. The molecule has 33 heavy (non-hydrogen) atoms. The van der Waals surface area contributed by atoms with Crippen LogP contribution in [0.25, 0.3) is 0 Å². The van der Waals surface area contributed by atoms with E-state index in [1.807, 2.05) is 0 Å². The third kappa shape index (κ3) is 5.20. The summed E-state index contributed by atoms with van der Waals surface area (Å²) in [6.45, 7) is 0.225. The summed E-state index contributed by atoms with van der Waals surface area (Å²) in [5.74, 6) is -0.485. The predicted octanol–water partition coefficient (Wildman–Crippen LogP) is 3.39. The topological polar surface area (TPSA) is 126 Å². The van der Waals surface area contributed by atoms with E-state index in [9.17, 15) is 21.6 Å². The largest absolute Gasteiger partial charge is 0.325 e. The zero-order valence-electron chi connectivity index (χ0n) is 17.0. The normalized spacial score (nSPS) is 17.1. The van der Waals surface area contributed by atoms with Crippen LogP contribution in [0.1, 0.15) is 12.8 Å². The molecule has 13 heteroatoms. The zero-order valence-corrected chi connectivity index (χ0v) is 20.2. The quantitative estimate of drug-likeness (QED) is 0.486. The number of nitrogens with one attached hydrogen (secondary N) is 2. The zero-order chi connectivity index (χ0) is 23.6. The van der Waals surface area contributed by atoms with Gasteiger partial charge in [-0.2, -0.15) is 4.31 Å². The van der Waals surface area contributed by atoms with Crippen LogP contribution in [-0.2, 0) is 24.8 Å². The lowest BCUT2D eigenvalue weighted by Gasteiger charge is -2.23. The summed E-state index contributed by atoms with van der Waals surface area (Å²) in [6.07, 6.45) is 2.41. The van der Waals surface area contributed by atoms with Crippen LogP contribution in [0.2, 0.25) is 5.02 Å². The van der Waals surface area contributed by atoms with Crippen LogP contribution in [0.15, 0.2) is 69.9 Å². The van der Waals surface area contributed by atoms with Gasteiger partial charge < -0.3 is 5.32 Å². The number of halogens is 1. The van der Waals surface area contributed by atoms with Crippen LogP contribution in [0.3, 0.4) is 0 Å². The van der Waals surface area contributed by atoms with E-state index >= 15 is 0 Å². The second-order valence-electron chi connectivity index (χ2n) is 7.18. The second kappa shape index (κ2) is 9.39. The summed E-state index contributed by atoms with van der Waals surface area (Å²) in [7, 11) is -7.69. The molecule has 2 N–H and O–H groups in total. The van der Waals surface area contributed by atoms with Crippen molar-refractivity contribution in [3.8, 4) is 0 Å². The number of hydrogen-bond donors (Lipinski definition) is 2. The number of sulfonamides is 2. The molecule has 1 aliphatic heterocycles. The highest BCUT2D eigenvalue weighted by Crippen LogP contribution is 2.28. The Hall–Kier alpha value is -2.51. The van der Waals surface area contributed by atoms with Gasteiger partial charge in [0.15, 0.2) is 5.13 Å². The molecule has 1 aliphatic rings. The standard InChI is InChI=1S/C20H19ClN4O5S3/c21-14-3-7-17(8-4-14)33(29,30)25-12-1-2-18(25)19(26)23-15-5-9-16(10-6-15)32(27,28)24-20-22-11-13-31-20/h3-11,13,18H,1-2,12H2,(H,22,24)(H,23,26)/t18-/m1/s1. The first-order valence-electron chi connectivity index (χ1n) is 9.77. The van der Waals surface area contributed by atoms with Crippen LogP contribution in [0.4, 0.5) is 10.8 Å². The highest BCUT2D eigenvalue weighted by atomic mass is 35.5. The van der Waals surface area contributed by atoms with Crippen molar-refractivity contribution < 1.29 is 21.6 Å². The number of benzene rings is 2. The fourth-order valence-electron chi connectivity index (χ4n) is 3.42. The van der Waals surface area contributed by atoms with Gasteiger partial charge in [0.25, 0.3) is 10.0 Å². The molecule has 0 radical (unpaired) electrons. The van der Waals surface area contributed by atoms with Gasteiger partial charge in [0.2, 0.25) is 15.9 Å². The molecule has 0 unspecified atom stereocenters. The van der Waals surface area contributed by atoms with Gasteiger partial charge in [0, 0.05) is 28.8 Å². The van der Waals surface area contributed by atoms with Crippen LogP contribution in [-0.4, -0.2) is 44.6 Å². The van der Waals surface area contributed by atoms with Crippen molar-refractivity contribution in [3.63, 3.8) is 0 Å². The molecule has 1 atom stereocenters. The van der Waals surface area contributed by atoms with Crippen molar-refractivity contribution in [1.29, 1.82) is 0 Å². The van der Waals surface area contributed by atoms with Crippen molar-refractivity contribution in [2.75, 3.05) is 16.6 Å². The third-order valence-corrected chi connectivity index (χ3v) is 9.36. The third-order valence-electron chi connectivity index (χ3n) is 5.01. The molecule has 1 saturated heterocycles. The van der Waals surface area contributed by atoms with Gasteiger partial charge in [-0.05, 0) is 61.4 Å². The lowest BCUT2D eigenvalue weighted by atomic mass is 10.2. The smallest absolute Gasteiger partial charge is 0.263 e. The summed E-state index contributed by atoms with van der Waals surface area (Å²) in [6, 6.07) is 10.5. The van der Waals surface area contributed by atoms with E-state index in [-0.39, 0.29) is 21.5 Å². The number of amides is 1. The van der Waals surface area contributed by atoms with Gasteiger partial charge in [-0.25, -0.2) is 21.8 Å². The molecule has 0 spiro atoms. The molecule has 2 aromatic carbocycles. The summed E-state index contributed by atoms with van der Waals surface area (Å²) in [5, 5.41) is 4.99.